The van der Waals surface area contributed by atoms with Gasteiger partial charge in [0.1, 0.15) is 0 Å². The predicted octanol–water partition coefficient (Wildman–Crippen LogP) is 2.76. The van der Waals surface area contributed by atoms with Crippen molar-refractivity contribution in [2.45, 2.75) is 31.2 Å². The Labute approximate surface area is 113 Å². The number of rotatable bonds is 4. The molecular weight excluding hydrogens is 243 g/mol. The molecule has 2 saturated carbocycles. The van der Waals surface area contributed by atoms with Gasteiger partial charge in [-0.05, 0) is 49.7 Å². The van der Waals surface area contributed by atoms with E-state index in [1.165, 1.54) is 32.4 Å². The quantitative estimate of drug-likeness (QED) is 0.879. The number of halogens is 1. The maximum absolute atomic E-state index is 13.4. The number of ether oxygens (including phenoxy) is 1. The molecule has 0 amide bonds. The lowest BCUT2D eigenvalue weighted by molar-refractivity contribution is 0.306. The summed E-state index contributed by atoms with van der Waals surface area (Å²) in [5, 5.41) is 3.57. The third kappa shape index (κ3) is 2.08. The Hall–Kier alpha value is -1.29. The van der Waals surface area contributed by atoms with E-state index in [4.69, 9.17) is 10.5 Å². The molecule has 0 aromatic heterocycles. The average molecular weight is 264 g/mol. The normalized spacial score (nSPS) is 32.6. The maximum Gasteiger partial charge on any atom is 0.165 e. The molecule has 2 aliphatic rings. The molecule has 2 bridgehead atoms. The van der Waals surface area contributed by atoms with E-state index < -0.39 is 0 Å². The first-order valence-corrected chi connectivity index (χ1v) is 6.98. The highest BCUT2D eigenvalue weighted by Gasteiger charge is 2.50. The second kappa shape index (κ2) is 4.67. The Bertz CT molecular complexity index is 479. The van der Waals surface area contributed by atoms with Gasteiger partial charge in [0.2, 0.25) is 0 Å². The first-order chi connectivity index (χ1) is 9.16. The van der Waals surface area contributed by atoms with E-state index in [-0.39, 0.29) is 17.1 Å². The zero-order valence-electron chi connectivity index (χ0n) is 11.3. The molecule has 2 aliphatic carbocycles. The fourth-order valence-corrected chi connectivity index (χ4v) is 3.92. The van der Waals surface area contributed by atoms with E-state index >= 15 is 0 Å². The van der Waals surface area contributed by atoms with Gasteiger partial charge in [0.05, 0.1) is 12.6 Å². The molecule has 2 fully saturated rings. The fourth-order valence-electron chi connectivity index (χ4n) is 3.92. The standard InChI is InChI=1S/C15H21FN2O/c1-19-14-7-12(4-5-13(14)16)18-15(9-17)8-10-2-3-11(15)6-10/h4-5,7,10-11,18H,2-3,6,8-9,17H2,1H3. The third-order valence-corrected chi connectivity index (χ3v) is 4.88. The van der Waals surface area contributed by atoms with E-state index in [0.29, 0.717) is 12.5 Å². The van der Waals surface area contributed by atoms with Crippen LogP contribution in [0.2, 0.25) is 0 Å². The summed E-state index contributed by atoms with van der Waals surface area (Å²) < 4.78 is 18.5. The molecule has 3 rings (SSSR count). The summed E-state index contributed by atoms with van der Waals surface area (Å²) in [5.41, 5.74) is 6.93. The first-order valence-electron chi connectivity index (χ1n) is 6.98. The lowest BCUT2D eigenvalue weighted by atomic mass is 9.80. The van der Waals surface area contributed by atoms with Crippen molar-refractivity contribution in [1.82, 2.24) is 0 Å². The van der Waals surface area contributed by atoms with E-state index in [1.807, 2.05) is 0 Å². The average Bonchev–Trinajstić information content (AvgIpc) is 3.02. The molecule has 19 heavy (non-hydrogen) atoms. The van der Waals surface area contributed by atoms with E-state index in [9.17, 15) is 4.39 Å². The van der Waals surface area contributed by atoms with E-state index in [1.54, 1.807) is 12.1 Å². The summed E-state index contributed by atoms with van der Waals surface area (Å²) in [5.74, 6) is 1.41. The minimum absolute atomic E-state index is 0.00818. The molecular formula is C15H21FN2O. The van der Waals surface area contributed by atoms with Gasteiger partial charge in [-0.15, -0.1) is 0 Å². The molecule has 0 radical (unpaired) electrons. The largest absolute Gasteiger partial charge is 0.494 e. The van der Waals surface area contributed by atoms with Crippen molar-refractivity contribution in [2.75, 3.05) is 19.0 Å². The molecule has 0 spiro atoms. The van der Waals surface area contributed by atoms with Gasteiger partial charge in [-0.2, -0.15) is 0 Å². The number of hydrogen-bond donors (Lipinski definition) is 2. The fraction of sp³-hybridized carbons (Fsp3) is 0.600. The van der Waals surface area contributed by atoms with Crippen molar-refractivity contribution in [2.24, 2.45) is 17.6 Å². The van der Waals surface area contributed by atoms with Crippen molar-refractivity contribution in [3.8, 4) is 5.75 Å². The SMILES string of the molecule is COc1cc(NC2(CN)CC3CCC2C3)ccc1F. The molecule has 3 nitrogen and oxygen atoms in total. The zero-order chi connectivity index (χ0) is 13.5. The van der Waals surface area contributed by atoms with E-state index in [2.05, 4.69) is 5.32 Å². The van der Waals surface area contributed by atoms with Crippen LogP contribution in [0.1, 0.15) is 25.7 Å². The summed E-state index contributed by atoms with van der Waals surface area (Å²) in [6, 6.07) is 4.93. The highest BCUT2D eigenvalue weighted by atomic mass is 19.1. The summed E-state index contributed by atoms with van der Waals surface area (Å²) in [6.07, 6.45) is 5.00. The molecule has 3 atom stereocenters. The minimum Gasteiger partial charge on any atom is -0.494 e. The van der Waals surface area contributed by atoms with Gasteiger partial charge in [-0.1, -0.05) is 0 Å². The van der Waals surface area contributed by atoms with Gasteiger partial charge in [0, 0.05) is 18.3 Å². The Morgan fingerprint density at radius 1 is 1.47 bits per heavy atom. The van der Waals surface area contributed by atoms with Crippen LogP contribution in [0.15, 0.2) is 18.2 Å². The van der Waals surface area contributed by atoms with Crippen LogP contribution < -0.4 is 15.8 Å². The van der Waals surface area contributed by atoms with Crippen molar-refractivity contribution in [3.63, 3.8) is 0 Å². The molecule has 0 aliphatic heterocycles. The van der Waals surface area contributed by atoms with Gasteiger partial charge in [-0.3, -0.25) is 0 Å². The molecule has 3 unspecified atom stereocenters. The van der Waals surface area contributed by atoms with Crippen LogP contribution in [0.25, 0.3) is 0 Å². The summed E-state index contributed by atoms with van der Waals surface area (Å²) in [4.78, 5) is 0. The van der Waals surface area contributed by atoms with Crippen molar-refractivity contribution >= 4 is 5.69 Å². The number of fused-ring (bicyclic) bond motifs is 2. The second-order valence-corrected chi connectivity index (χ2v) is 5.91. The van der Waals surface area contributed by atoms with Gasteiger partial charge in [0.25, 0.3) is 0 Å². The monoisotopic (exact) mass is 264 g/mol. The Morgan fingerprint density at radius 2 is 2.32 bits per heavy atom. The number of anilines is 1. The topological polar surface area (TPSA) is 47.3 Å². The number of methoxy groups -OCH3 is 1. The molecule has 1 aromatic rings. The minimum atomic E-state index is -0.331. The molecule has 3 N–H and O–H groups in total. The molecule has 1 aromatic carbocycles. The van der Waals surface area contributed by atoms with Crippen LogP contribution in [0.3, 0.4) is 0 Å². The van der Waals surface area contributed by atoms with Gasteiger partial charge in [-0.25, -0.2) is 4.39 Å². The summed E-state index contributed by atoms with van der Waals surface area (Å²) in [7, 11) is 1.48. The molecule has 0 heterocycles. The summed E-state index contributed by atoms with van der Waals surface area (Å²) in [6.45, 7) is 0.633. The molecule has 4 heteroatoms. The van der Waals surface area contributed by atoms with Crippen LogP contribution in [-0.2, 0) is 0 Å². The van der Waals surface area contributed by atoms with Crippen LogP contribution in [0.4, 0.5) is 10.1 Å². The number of nitrogens with one attached hydrogen (secondary N) is 1. The van der Waals surface area contributed by atoms with Crippen LogP contribution >= 0.6 is 0 Å². The summed E-state index contributed by atoms with van der Waals surface area (Å²) >= 11 is 0. The Balaban J connectivity index is 1.84. The molecule has 104 valence electrons. The van der Waals surface area contributed by atoms with Crippen molar-refractivity contribution in [1.29, 1.82) is 0 Å². The maximum atomic E-state index is 13.4. The Kier molecular flexibility index (Phi) is 3.13. The second-order valence-electron chi connectivity index (χ2n) is 5.91. The van der Waals surface area contributed by atoms with E-state index in [0.717, 1.165) is 18.0 Å². The van der Waals surface area contributed by atoms with Crippen LogP contribution in [-0.4, -0.2) is 19.2 Å². The highest BCUT2D eigenvalue weighted by molar-refractivity contribution is 5.51. The van der Waals surface area contributed by atoms with Gasteiger partial charge in [0.15, 0.2) is 11.6 Å². The number of nitrogens with two attached hydrogens (primary N) is 1. The Morgan fingerprint density at radius 3 is 2.89 bits per heavy atom. The number of benzene rings is 1. The predicted molar refractivity (Wildman–Crippen MR) is 73.8 cm³/mol. The highest BCUT2D eigenvalue weighted by Crippen LogP contribution is 2.51. The van der Waals surface area contributed by atoms with Gasteiger partial charge >= 0.3 is 0 Å². The first kappa shape index (κ1) is 12.7. The third-order valence-electron chi connectivity index (χ3n) is 4.88. The lowest BCUT2D eigenvalue weighted by Gasteiger charge is -2.38. The smallest absolute Gasteiger partial charge is 0.165 e. The lowest BCUT2D eigenvalue weighted by Crippen LogP contribution is -2.49. The van der Waals surface area contributed by atoms with Crippen molar-refractivity contribution in [3.05, 3.63) is 24.0 Å². The number of hydrogen-bond acceptors (Lipinski definition) is 3. The van der Waals surface area contributed by atoms with Crippen LogP contribution in [0.5, 0.6) is 5.75 Å². The van der Waals surface area contributed by atoms with Gasteiger partial charge < -0.3 is 15.8 Å². The zero-order valence-corrected chi connectivity index (χ0v) is 11.3. The van der Waals surface area contributed by atoms with Crippen LogP contribution in [0, 0.1) is 17.7 Å². The molecule has 0 saturated heterocycles. The van der Waals surface area contributed by atoms with Crippen molar-refractivity contribution < 1.29 is 9.13 Å².